The highest BCUT2D eigenvalue weighted by Gasteiger charge is 2.43. The summed E-state index contributed by atoms with van der Waals surface area (Å²) in [5.41, 5.74) is 4.89. The monoisotopic (exact) mass is 531 g/mol. The van der Waals surface area contributed by atoms with E-state index in [0.29, 0.717) is 12.1 Å². The molecule has 36 heavy (non-hydrogen) atoms. The van der Waals surface area contributed by atoms with Gasteiger partial charge in [0.2, 0.25) is 15.9 Å². The zero-order valence-corrected chi connectivity index (χ0v) is 21.8. The number of rotatable bonds is 8. The molecule has 0 aliphatic carbocycles. The van der Waals surface area contributed by atoms with Crippen molar-refractivity contribution in [2.24, 2.45) is 5.92 Å². The first-order valence-corrected chi connectivity index (χ1v) is 14.2. The Morgan fingerprint density at radius 3 is 2.47 bits per heavy atom. The molecule has 1 fully saturated rings. The van der Waals surface area contributed by atoms with E-state index >= 15 is 0 Å². The average Bonchev–Trinajstić information content (AvgIpc) is 3.46. The molecule has 2 atom stereocenters. The Labute approximate surface area is 214 Å². The van der Waals surface area contributed by atoms with Gasteiger partial charge in [-0.15, -0.1) is 0 Å². The molecule has 0 unspecified atom stereocenters. The molecule has 10 nitrogen and oxygen atoms in total. The van der Waals surface area contributed by atoms with E-state index in [9.17, 15) is 18.0 Å². The minimum Gasteiger partial charge on any atom is -0.347 e. The maximum Gasteiger partial charge on any atom is 0.251 e. The van der Waals surface area contributed by atoms with Crippen LogP contribution < -0.4 is 10.8 Å². The van der Waals surface area contributed by atoms with Crippen molar-refractivity contribution >= 4 is 44.6 Å². The van der Waals surface area contributed by atoms with Crippen molar-refractivity contribution in [2.45, 2.75) is 36.8 Å². The van der Waals surface area contributed by atoms with E-state index in [-0.39, 0.29) is 13.1 Å². The van der Waals surface area contributed by atoms with Gasteiger partial charge in [-0.2, -0.15) is 4.31 Å². The van der Waals surface area contributed by atoms with Crippen molar-refractivity contribution in [2.75, 3.05) is 19.3 Å². The molecule has 1 aromatic heterocycles. The fourth-order valence-corrected chi connectivity index (χ4v) is 6.23. The van der Waals surface area contributed by atoms with E-state index in [0.717, 1.165) is 21.8 Å². The Hall–Kier alpha value is -2.93. The summed E-state index contributed by atoms with van der Waals surface area (Å²) in [6.45, 7) is 3.53. The van der Waals surface area contributed by atoms with E-state index < -0.39 is 39.0 Å². The quantitative estimate of drug-likeness (QED) is 0.230. The highest BCUT2D eigenvalue weighted by molar-refractivity contribution is 7.98. The summed E-state index contributed by atoms with van der Waals surface area (Å²) < 4.78 is 28.5. The lowest BCUT2D eigenvalue weighted by atomic mass is 10.0. The van der Waals surface area contributed by atoms with Crippen LogP contribution in [-0.4, -0.2) is 69.9 Å². The van der Waals surface area contributed by atoms with Crippen LogP contribution in [0.4, 0.5) is 0 Å². The van der Waals surface area contributed by atoms with Gasteiger partial charge in [-0.1, -0.05) is 36.0 Å². The maximum absolute atomic E-state index is 13.0. The van der Waals surface area contributed by atoms with Gasteiger partial charge >= 0.3 is 0 Å². The van der Waals surface area contributed by atoms with Crippen LogP contribution in [0.1, 0.15) is 29.8 Å². The minimum atomic E-state index is -3.63. The third kappa shape index (κ3) is 5.12. The Bertz CT molecular complexity index is 1370. The first-order chi connectivity index (χ1) is 17.1. The third-order valence-corrected chi connectivity index (χ3v) is 9.25. The number of hydrogen-bond donors (Lipinski definition) is 3. The van der Waals surface area contributed by atoms with Crippen LogP contribution >= 0.6 is 11.8 Å². The number of hydrogen-bond acceptors (Lipinski definition) is 7. The molecule has 0 saturated carbocycles. The number of aromatic nitrogens is 2. The molecule has 1 aliphatic rings. The molecule has 4 rings (SSSR count). The zero-order chi connectivity index (χ0) is 26.0. The van der Waals surface area contributed by atoms with Crippen LogP contribution in [0.5, 0.6) is 0 Å². The number of sulfonamides is 1. The summed E-state index contributed by atoms with van der Waals surface area (Å²) >= 11 is 1.56. The van der Waals surface area contributed by atoms with Gasteiger partial charge in [0.25, 0.3) is 5.91 Å². The Kier molecular flexibility index (Phi) is 7.69. The van der Waals surface area contributed by atoms with E-state index in [1.54, 1.807) is 43.2 Å². The van der Waals surface area contributed by atoms with Crippen molar-refractivity contribution < 1.29 is 23.2 Å². The maximum atomic E-state index is 13.0. The topological polar surface area (TPSA) is 134 Å². The lowest BCUT2D eigenvalue weighted by Crippen LogP contribution is -2.45. The smallest absolute Gasteiger partial charge is 0.251 e. The van der Waals surface area contributed by atoms with E-state index in [1.165, 1.54) is 4.31 Å². The van der Waals surface area contributed by atoms with Gasteiger partial charge in [-0.3, -0.25) is 14.8 Å². The SMILES string of the molecule is CSc1nc2ccccc2n1Cc1ccc(C(=O)N[C@@H]2CN(S(=O)(=O)C(C)C)C[C@@H]2C(=O)NO)cc1. The van der Waals surface area contributed by atoms with Crippen molar-refractivity contribution in [1.82, 2.24) is 24.7 Å². The second-order valence-electron chi connectivity index (χ2n) is 8.94. The molecule has 0 spiro atoms. The molecule has 2 aromatic carbocycles. The number of para-hydroxylation sites is 2. The number of carbonyl (C=O) groups is 2. The molecule has 1 aliphatic heterocycles. The van der Waals surface area contributed by atoms with Gasteiger partial charge in [0.15, 0.2) is 5.16 Å². The van der Waals surface area contributed by atoms with Crippen molar-refractivity contribution in [3.63, 3.8) is 0 Å². The van der Waals surface area contributed by atoms with E-state index in [4.69, 9.17) is 5.21 Å². The molecule has 2 amide bonds. The summed E-state index contributed by atoms with van der Waals surface area (Å²) in [6, 6.07) is 14.2. The van der Waals surface area contributed by atoms with Crippen LogP contribution in [0.2, 0.25) is 0 Å². The second kappa shape index (κ2) is 10.6. The molecule has 192 valence electrons. The second-order valence-corrected chi connectivity index (χ2v) is 12.2. The van der Waals surface area contributed by atoms with Gasteiger partial charge in [-0.05, 0) is 49.9 Å². The Balaban J connectivity index is 1.49. The number of imidazole rings is 1. The predicted molar refractivity (Wildman–Crippen MR) is 137 cm³/mol. The molecule has 1 saturated heterocycles. The van der Waals surface area contributed by atoms with Gasteiger partial charge in [0.1, 0.15) is 0 Å². The van der Waals surface area contributed by atoms with E-state index in [1.807, 2.05) is 42.7 Å². The van der Waals surface area contributed by atoms with Crippen LogP contribution in [0.15, 0.2) is 53.7 Å². The van der Waals surface area contributed by atoms with Crippen LogP contribution in [0.3, 0.4) is 0 Å². The molecule has 12 heteroatoms. The zero-order valence-electron chi connectivity index (χ0n) is 20.2. The number of thioether (sulfide) groups is 1. The first-order valence-electron chi connectivity index (χ1n) is 11.5. The standard InChI is InChI=1S/C24H29N5O5S2/c1-15(2)36(33,34)28-13-18(23(31)27-32)20(14-28)25-22(30)17-10-8-16(9-11-17)12-29-21-7-5-4-6-19(21)26-24(29)35-3/h4-11,15,18,20,32H,12-14H2,1-3H3,(H,25,30)(H,27,31)/t18-,20+/m0/s1. The summed E-state index contributed by atoms with van der Waals surface area (Å²) in [6.07, 6.45) is 1.98. The molecular weight excluding hydrogens is 502 g/mol. The lowest BCUT2D eigenvalue weighted by molar-refractivity contribution is -0.133. The molecule has 2 heterocycles. The lowest BCUT2D eigenvalue weighted by Gasteiger charge is -2.19. The Morgan fingerprint density at radius 2 is 1.83 bits per heavy atom. The van der Waals surface area contributed by atoms with E-state index in [2.05, 4.69) is 14.9 Å². The number of hydroxylamine groups is 1. The predicted octanol–water partition coefficient (Wildman–Crippen LogP) is 2.08. The number of nitrogens with one attached hydrogen (secondary N) is 2. The molecule has 3 N–H and O–H groups in total. The fraction of sp³-hybridized carbons (Fsp3) is 0.375. The minimum absolute atomic E-state index is 0.0480. The fourth-order valence-electron chi connectivity index (χ4n) is 4.33. The number of nitrogens with zero attached hydrogens (tertiary/aromatic N) is 3. The normalized spacial score (nSPS) is 18.6. The molecule has 0 radical (unpaired) electrons. The van der Waals surface area contributed by atoms with Crippen LogP contribution in [-0.2, 0) is 21.4 Å². The van der Waals surface area contributed by atoms with Crippen molar-refractivity contribution in [3.8, 4) is 0 Å². The highest BCUT2D eigenvalue weighted by atomic mass is 32.2. The number of fused-ring (bicyclic) bond motifs is 1. The van der Waals surface area contributed by atoms with Crippen LogP contribution in [0.25, 0.3) is 11.0 Å². The summed E-state index contributed by atoms with van der Waals surface area (Å²) in [5, 5.41) is 12.1. The Morgan fingerprint density at radius 1 is 1.14 bits per heavy atom. The largest absolute Gasteiger partial charge is 0.347 e. The van der Waals surface area contributed by atoms with Crippen LogP contribution in [0, 0.1) is 5.92 Å². The molecule has 3 aromatic rings. The first kappa shape index (κ1) is 26.1. The summed E-state index contributed by atoms with van der Waals surface area (Å²) in [7, 11) is -3.63. The van der Waals surface area contributed by atoms with Crippen molar-refractivity contribution in [1.29, 1.82) is 0 Å². The third-order valence-electron chi connectivity index (χ3n) is 6.36. The van der Waals surface area contributed by atoms with Gasteiger partial charge in [0, 0.05) is 18.7 Å². The summed E-state index contributed by atoms with van der Waals surface area (Å²) in [5.74, 6) is -2.08. The van der Waals surface area contributed by atoms with Gasteiger partial charge in [-0.25, -0.2) is 18.9 Å². The number of amides is 2. The number of carbonyl (C=O) groups excluding carboxylic acids is 2. The molecule has 0 bridgehead atoms. The highest BCUT2D eigenvalue weighted by Crippen LogP contribution is 2.25. The number of benzene rings is 2. The summed E-state index contributed by atoms with van der Waals surface area (Å²) in [4.78, 5) is 29.8. The average molecular weight is 532 g/mol. The molecular formula is C24H29N5O5S2. The van der Waals surface area contributed by atoms with Gasteiger partial charge < -0.3 is 9.88 Å². The van der Waals surface area contributed by atoms with Crippen molar-refractivity contribution in [3.05, 3.63) is 59.7 Å². The van der Waals surface area contributed by atoms with Gasteiger partial charge in [0.05, 0.1) is 34.8 Å².